The Morgan fingerprint density at radius 1 is 1.29 bits per heavy atom. The molecule has 0 aromatic heterocycles. The number of halogens is 2. The van der Waals surface area contributed by atoms with Crippen LogP contribution in [0.4, 0.5) is 8.78 Å². The number of nitrogens with zero attached hydrogens (tertiary/aromatic N) is 1. The van der Waals surface area contributed by atoms with E-state index in [4.69, 9.17) is 0 Å². The molecule has 0 aliphatic carbocycles. The van der Waals surface area contributed by atoms with Crippen molar-refractivity contribution in [1.82, 2.24) is 10.2 Å². The van der Waals surface area contributed by atoms with Gasteiger partial charge in [0.15, 0.2) is 0 Å². The molecule has 1 saturated heterocycles. The lowest BCUT2D eigenvalue weighted by atomic mass is 10.0. The Morgan fingerprint density at radius 2 is 2.00 bits per heavy atom. The summed E-state index contributed by atoms with van der Waals surface area (Å²) in [6.45, 7) is 2.98. The minimum absolute atomic E-state index is 0.164. The fourth-order valence-electron chi connectivity index (χ4n) is 2.18. The number of aliphatic hydroxyl groups is 1. The van der Waals surface area contributed by atoms with Gasteiger partial charge in [0.25, 0.3) is 0 Å². The number of benzene rings is 1. The van der Waals surface area contributed by atoms with E-state index < -0.39 is 17.7 Å². The van der Waals surface area contributed by atoms with Gasteiger partial charge < -0.3 is 10.4 Å². The molecule has 0 radical (unpaired) electrons. The van der Waals surface area contributed by atoms with Crippen molar-refractivity contribution in [3.8, 4) is 0 Å². The van der Waals surface area contributed by atoms with E-state index in [1.165, 1.54) is 12.1 Å². The quantitative estimate of drug-likeness (QED) is 0.826. The molecule has 17 heavy (non-hydrogen) atoms. The maximum Gasteiger partial charge on any atom is 0.130 e. The number of piperazine rings is 1. The zero-order valence-corrected chi connectivity index (χ0v) is 9.50. The zero-order valence-electron chi connectivity index (χ0n) is 9.50. The van der Waals surface area contributed by atoms with E-state index in [9.17, 15) is 13.9 Å². The van der Waals surface area contributed by atoms with E-state index in [1.807, 2.05) is 4.90 Å². The SMILES string of the molecule is OC[C@H](c1ccc(F)cc1F)N1CCNCC1. The first-order chi connectivity index (χ1) is 8.22. The van der Waals surface area contributed by atoms with Gasteiger partial charge in [0.1, 0.15) is 11.6 Å². The van der Waals surface area contributed by atoms with Gasteiger partial charge in [-0.05, 0) is 6.07 Å². The Bertz CT molecular complexity index is 381. The van der Waals surface area contributed by atoms with Crippen LogP contribution in [0, 0.1) is 11.6 Å². The van der Waals surface area contributed by atoms with E-state index in [0.29, 0.717) is 5.56 Å². The summed E-state index contributed by atoms with van der Waals surface area (Å²) in [6, 6.07) is 3.11. The lowest BCUT2D eigenvalue weighted by Crippen LogP contribution is -2.46. The highest BCUT2D eigenvalue weighted by atomic mass is 19.1. The molecule has 1 aromatic rings. The molecule has 2 N–H and O–H groups in total. The first-order valence-electron chi connectivity index (χ1n) is 5.73. The van der Waals surface area contributed by atoms with Gasteiger partial charge in [0.2, 0.25) is 0 Å². The minimum Gasteiger partial charge on any atom is -0.394 e. The van der Waals surface area contributed by atoms with Crippen LogP contribution in [-0.2, 0) is 0 Å². The molecule has 0 unspecified atom stereocenters. The second-order valence-electron chi connectivity index (χ2n) is 4.15. The maximum absolute atomic E-state index is 13.6. The summed E-state index contributed by atoms with van der Waals surface area (Å²) in [4.78, 5) is 2.01. The third kappa shape index (κ3) is 2.80. The molecule has 1 aliphatic rings. The van der Waals surface area contributed by atoms with Crippen LogP contribution < -0.4 is 5.32 Å². The maximum atomic E-state index is 13.6. The number of aliphatic hydroxyl groups excluding tert-OH is 1. The highest BCUT2D eigenvalue weighted by Gasteiger charge is 2.23. The van der Waals surface area contributed by atoms with E-state index >= 15 is 0 Å². The lowest BCUT2D eigenvalue weighted by Gasteiger charge is -2.34. The predicted octanol–water partition coefficient (Wildman–Crippen LogP) is 0.903. The van der Waals surface area contributed by atoms with E-state index in [-0.39, 0.29) is 6.61 Å². The molecule has 5 heteroatoms. The van der Waals surface area contributed by atoms with Crippen LogP contribution in [0.1, 0.15) is 11.6 Å². The molecule has 1 atom stereocenters. The van der Waals surface area contributed by atoms with Crippen LogP contribution in [-0.4, -0.2) is 42.8 Å². The van der Waals surface area contributed by atoms with E-state index in [1.54, 1.807) is 0 Å². The van der Waals surface area contributed by atoms with Gasteiger partial charge in [-0.2, -0.15) is 0 Å². The summed E-state index contributed by atoms with van der Waals surface area (Å²) in [5.41, 5.74) is 0.357. The van der Waals surface area contributed by atoms with Crippen molar-refractivity contribution in [2.75, 3.05) is 32.8 Å². The fraction of sp³-hybridized carbons (Fsp3) is 0.500. The van der Waals surface area contributed by atoms with Crippen LogP contribution in [0.2, 0.25) is 0 Å². The van der Waals surface area contributed by atoms with Crippen molar-refractivity contribution in [1.29, 1.82) is 0 Å². The van der Waals surface area contributed by atoms with E-state index in [0.717, 1.165) is 32.2 Å². The van der Waals surface area contributed by atoms with Gasteiger partial charge >= 0.3 is 0 Å². The lowest BCUT2D eigenvalue weighted by molar-refractivity contribution is 0.108. The third-order valence-corrected chi connectivity index (χ3v) is 3.09. The average Bonchev–Trinajstić information content (AvgIpc) is 2.34. The molecule has 0 amide bonds. The third-order valence-electron chi connectivity index (χ3n) is 3.09. The zero-order chi connectivity index (χ0) is 12.3. The van der Waals surface area contributed by atoms with Crippen LogP contribution in [0.15, 0.2) is 18.2 Å². The number of hydrogen-bond donors (Lipinski definition) is 2. The highest BCUT2D eigenvalue weighted by Crippen LogP contribution is 2.23. The topological polar surface area (TPSA) is 35.5 Å². The molecule has 3 nitrogen and oxygen atoms in total. The summed E-state index contributed by atoms with van der Waals surface area (Å²) >= 11 is 0. The molecule has 0 spiro atoms. The second kappa shape index (κ2) is 5.53. The van der Waals surface area contributed by atoms with Gasteiger partial charge in [-0.15, -0.1) is 0 Å². The Hall–Kier alpha value is -1.04. The van der Waals surface area contributed by atoms with Crippen molar-refractivity contribution in [3.63, 3.8) is 0 Å². The standard InChI is InChI=1S/C12H16F2N2O/c13-9-1-2-10(11(14)7-9)12(8-17)16-5-3-15-4-6-16/h1-2,7,12,15,17H,3-6,8H2/t12-/m1/s1. The van der Waals surface area contributed by atoms with Crippen molar-refractivity contribution < 1.29 is 13.9 Å². The van der Waals surface area contributed by atoms with Crippen molar-refractivity contribution >= 4 is 0 Å². The first-order valence-corrected chi connectivity index (χ1v) is 5.73. The van der Waals surface area contributed by atoms with Crippen molar-refractivity contribution in [3.05, 3.63) is 35.4 Å². The van der Waals surface area contributed by atoms with E-state index in [2.05, 4.69) is 5.32 Å². The molecular formula is C12H16F2N2O. The summed E-state index contributed by atoms with van der Waals surface area (Å²) in [7, 11) is 0. The Balaban J connectivity index is 2.21. The molecule has 2 rings (SSSR count). The Kier molecular flexibility index (Phi) is 4.04. The normalized spacial score (nSPS) is 19.2. The number of rotatable bonds is 3. The Labute approximate surface area is 99.1 Å². The van der Waals surface area contributed by atoms with Gasteiger partial charge in [0, 0.05) is 37.8 Å². The molecular weight excluding hydrogens is 226 g/mol. The smallest absolute Gasteiger partial charge is 0.130 e. The molecule has 1 heterocycles. The molecule has 0 saturated carbocycles. The largest absolute Gasteiger partial charge is 0.394 e. The second-order valence-corrected chi connectivity index (χ2v) is 4.15. The molecule has 1 aliphatic heterocycles. The molecule has 1 fully saturated rings. The van der Waals surface area contributed by atoms with Crippen LogP contribution in [0.25, 0.3) is 0 Å². The van der Waals surface area contributed by atoms with Gasteiger partial charge in [-0.25, -0.2) is 8.78 Å². The fourth-order valence-corrected chi connectivity index (χ4v) is 2.18. The van der Waals surface area contributed by atoms with Crippen molar-refractivity contribution in [2.24, 2.45) is 0 Å². The summed E-state index contributed by atoms with van der Waals surface area (Å²) in [5, 5.41) is 12.6. The van der Waals surface area contributed by atoms with Crippen molar-refractivity contribution in [2.45, 2.75) is 6.04 Å². The summed E-state index contributed by atoms with van der Waals surface area (Å²) in [5.74, 6) is -1.19. The molecule has 0 bridgehead atoms. The van der Waals surface area contributed by atoms with Gasteiger partial charge in [-0.3, -0.25) is 4.90 Å². The molecule has 94 valence electrons. The number of hydrogen-bond acceptors (Lipinski definition) is 3. The molecule has 1 aromatic carbocycles. The summed E-state index contributed by atoms with van der Waals surface area (Å²) in [6.07, 6.45) is 0. The Morgan fingerprint density at radius 3 is 2.59 bits per heavy atom. The predicted molar refractivity (Wildman–Crippen MR) is 60.6 cm³/mol. The van der Waals surface area contributed by atoms with Crippen LogP contribution >= 0.6 is 0 Å². The first kappa shape index (κ1) is 12.4. The van der Waals surface area contributed by atoms with Gasteiger partial charge in [-0.1, -0.05) is 6.07 Å². The van der Waals surface area contributed by atoms with Crippen LogP contribution in [0.5, 0.6) is 0 Å². The monoisotopic (exact) mass is 242 g/mol. The minimum atomic E-state index is -0.595. The average molecular weight is 242 g/mol. The highest BCUT2D eigenvalue weighted by molar-refractivity contribution is 5.22. The summed E-state index contributed by atoms with van der Waals surface area (Å²) < 4.78 is 26.5. The number of nitrogens with one attached hydrogen (secondary N) is 1. The van der Waals surface area contributed by atoms with Gasteiger partial charge in [0.05, 0.1) is 12.6 Å². The van der Waals surface area contributed by atoms with Crippen LogP contribution in [0.3, 0.4) is 0 Å².